The molecule has 0 N–H and O–H groups in total. The Labute approximate surface area is 103 Å². The minimum absolute atomic E-state index is 0.157. The quantitative estimate of drug-likeness (QED) is 0.603. The number of aromatic nitrogens is 1. The van der Waals surface area contributed by atoms with Crippen LogP contribution < -0.4 is 0 Å². The molecule has 80 valence electrons. The van der Waals surface area contributed by atoms with Crippen LogP contribution in [0.4, 0.5) is 0 Å². The molecule has 0 radical (unpaired) electrons. The van der Waals surface area contributed by atoms with Crippen LogP contribution in [0.3, 0.4) is 0 Å². The summed E-state index contributed by atoms with van der Waals surface area (Å²) in [7, 11) is 0. The topological polar surface area (TPSA) is 30.0 Å². The molecule has 2 nitrogen and oxygen atoms in total. The number of ketones is 1. The molecule has 2 aromatic rings. The maximum absolute atomic E-state index is 12.0. The van der Waals surface area contributed by atoms with Gasteiger partial charge in [-0.2, -0.15) is 0 Å². The van der Waals surface area contributed by atoms with Crippen LogP contribution in [0.15, 0.2) is 42.6 Å². The third kappa shape index (κ3) is 2.23. The molecule has 0 bridgehead atoms. The predicted octanol–water partition coefficient (Wildman–Crippen LogP) is 3.62. The smallest absolute Gasteiger partial charge is 0.194 e. The first-order chi connectivity index (χ1) is 7.68. The molecule has 0 spiro atoms. The Hall–Kier alpha value is -1.38. The van der Waals surface area contributed by atoms with Crippen molar-refractivity contribution in [2.75, 3.05) is 0 Å². The highest BCUT2D eigenvalue weighted by atomic mass is 35.5. The molecule has 0 saturated carbocycles. The zero-order chi connectivity index (χ0) is 11.5. The molecule has 0 aliphatic rings. The molecule has 0 aliphatic heterocycles. The first-order valence-electron chi connectivity index (χ1n) is 4.59. The Kier molecular flexibility index (Phi) is 3.22. The summed E-state index contributed by atoms with van der Waals surface area (Å²) in [5.41, 5.74) is 0.944. The van der Waals surface area contributed by atoms with E-state index in [2.05, 4.69) is 4.98 Å². The number of hydrogen-bond donors (Lipinski definition) is 0. The molecule has 1 heterocycles. The first-order valence-corrected chi connectivity index (χ1v) is 5.35. The van der Waals surface area contributed by atoms with E-state index in [0.29, 0.717) is 16.1 Å². The van der Waals surface area contributed by atoms with Gasteiger partial charge in [-0.3, -0.25) is 4.79 Å². The minimum Gasteiger partial charge on any atom is -0.289 e. The lowest BCUT2D eigenvalue weighted by atomic mass is 10.0. The Balaban J connectivity index is 2.46. The van der Waals surface area contributed by atoms with Gasteiger partial charge in [0.15, 0.2) is 5.78 Å². The van der Waals surface area contributed by atoms with E-state index in [1.807, 2.05) is 6.07 Å². The lowest BCUT2D eigenvalue weighted by molar-refractivity contribution is 0.103. The van der Waals surface area contributed by atoms with Gasteiger partial charge in [0, 0.05) is 17.3 Å². The lowest BCUT2D eigenvalue weighted by Gasteiger charge is -2.03. The average molecular weight is 252 g/mol. The van der Waals surface area contributed by atoms with Gasteiger partial charge in [0.25, 0.3) is 0 Å². The molecule has 1 aromatic heterocycles. The van der Waals surface area contributed by atoms with Gasteiger partial charge in [0.1, 0.15) is 5.15 Å². The number of benzene rings is 1. The zero-order valence-electron chi connectivity index (χ0n) is 8.15. The van der Waals surface area contributed by atoms with Gasteiger partial charge in [-0.05, 0) is 6.07 Å². The van der Waals surface area contributed by atoms with E-state index < -0.39 is 0 Å². The predicted molar refractivity (Wildman–Crippen MR) is 64.1 cm³/mol. The number of hydrogen-bond acceptors (Lipinski definition) is 2. The summed E-state index contributed by atoms with van der Waals surface area (Å²) in [6.07, 6.45) is 1.38. The molecule has 0 saturated heterocycles. The molecule has 1 aromatic carbocycles. The van der Waals surface area contributed by atoms with Gasteiger partial charge < -0.3 is 0 Å². The summed E-state index contributed by atoms with van der Waals surface area (Å²) >= 11 is 11.6. The second-order valence-corrected chi connectivity index (χ2v) is 3.98. The first kappa shape index (κ1) is 11.1. The van der Waals surface area contributed by atoms with Crippen LogP contribution in [0, 0.1) is 0 Å². The number of carbonyl (C=O) groups is 1. The summed E-state index contributed by atoms with van der Waals surface area (Å²) < 4.78 is 0. The summed E-state index contributed by atoms with van der Waals surface area (Å²) in [6.45, 7) is 0. The lowest BCUT2D eigenvalue weighted by Crippen LogP contribution is -2.02. The van der Waals surface area contributed by atoms with Crippen LogP contribution >= 0.6 is 23.2 Å². The van der Waals surface area contributed by atoms with E-state index in [1.165, 1.54) is 12.3 Å². The van der Waals surface area contributed by atoms with Crippen LogP contribution in [0.2, 0.25) is 10.2 Å². The van der Waals surface area contributed by atoms with Crippen LogP contribution in [0.1, 0.15) is 15.9 Å². The third-order valence-electron chi connectivity index (χ3n) is 2.10. The van der Waals surface area contributed by atoms with E-state index in [1.54, 1.807) is 24.3 Å². The van der Waals surface area contributed by atoms with Crippen LogP contribution in [0.25, 0.3) is 0 Å². The van der Waals surface area contributed by atoms with Crippen molar-refractivity contribution >= 4 is 29.0 Å². The molecule has 0 atom stereocenters. The summed E-state index contributed by atoms with van der Waals surface area (Å²) in [6, 6.07) is 10.4. The van der Waals surface area contributed by atoms with Crippen LogP contribution in [-0.2, 0) is 0 Å². The normalized spacial score (nSPS) is 10.1. The fourth-order valence-electron chi connectivity index (χ4n) is 1.33. The fourth-order valence-corrected chi connectivity index (χ4v) is 1.68. The van der Waals surface area contributed by atoms with Crippen molar-refractivity contribution in [1.82, 2.24) is 4.98 Å². The van der Waals surface area contributed by atoms with E-state index in [0.717, 1.165) is 0 Å². The van der Waals surface area contributed by atoms with Crippen LogP contribution in [-0.4, -0.2) is 10.8 Å². The van der Waals surface area contributed by atoms with Gasteiger partial charge in [0.05, 0.1) is 5.02 Å². The standard InChI is InChI=1S/C12H7Cl2NO/c13-10-7-15-11(14)6-9(10)12(16)8-4-2-1-3-5-8/h1-7H. The highest BCUT2D eigenvalue weighted by Gasteiger charge is 2.13. The van der Waals surface area contributed by atoms with Crippen molar-refractivity contribution in [3.63, 3.8) is 0 Å². The van der Waals surface area contributed by atoms with Gasteiger partial charge in [-0.1, -0.05) is 53.5 Å². The SMILES string of the molecule is O=C(c1ccccc1)c1cc(Cl)ncc1Cl. The minimum atomic E-state index is -0.157. The van der Waals surface area contributed by atoms with E-state index in [-0.39, 0.29) is 10.9 Å². The van der Waals surface area contributed by atoms with Crippen molar-refractivity contribution in [1.29, 1.82) is 0 Å². The van der Waals surface area contributed by atoms with Gasteiger partial charge in [-0.15, -0.1) is 0 Å². The second-order valence-electron chi connectivity index (χ2n) is 3.18. The Bertz CT molecular complexity index is 526. The summed E-state index contributed by atoms with van der Waals surface area (Å²) in [4.78, 5) is 15.8. The Morgan fingerprint density at radius 1 is 1.12 bits per heavy atom. The van der Waals surface area contributed by atoms with Crippen molar-refractivity contribution < 1.29 is 4.79 Å². The molecular formula is C12H7Cl2NO. The molecule has 0 fully saturated rings. The van der Waals surface area contributed by atoms with Gasteiger partial charge >= 0.3 is 0 Å². The summed E-state index contributed by atoms with van der Waals surface area (Å²) in [5, 5.41) is 0.557. The molecule has 0 amide bonds. The average Bonchev–Trinajstić information content (AvgIpc) is 2.32. The molecule has 4 heteroatoms. The maximum Gasteiger partial charge on any atom is 0.194 e. The molecule has 16 heavy (non-hydrogen) atoms. The number of rotatable bonds is 2. The Morgan fingerprint density at radius 3 is 2.50 bits per heavy atom. The van der Waals surface area contributed by atoms with Crippen molar-refractivity contribution in [3.05, 3.63) is 63.9 Å². The van der Waals surface area contributed by atoms with Crippen molar-refractivity contribution in [2.45, 2.75) is 0 Å². The van der Waals surface area contributed by atoms with E-state index in [4.69, 9.17) is 23.2 Å². The number of pyridine rings is 1. The number of carbonyl (C=O) groups excluding carboxylic acids is 1. The van der Waals surface area contributed by atoms with E-state index >= 15 is 0 Å². The number of nitrogens with zero attached hydrogens (tertiary/aromatic N) is 1. The fraction of sp³-hybridized carbons (Fsp3) is 0. The van der Waals surface area contributed by atoms with Crippen molar-refractivity contribution in [3.8, 4) is 0 Å². The molecule has 0 unspecified atom stereocenters. The van der Waals surface area contributed by atoms with Gasteiger partial charge in [0.2, 0.25) is 0 Å². The summed E-state index contributed by atoms with van der Waals surface area (Å²) in [5.74, 6) is -0.157. The zero-order valence-corrected chi connectivity index (χ0v) is 9.66. The second kappa shape index (κ2) is 4.64. The Morgan fingerprint density at radius 2 is 1.81 bits per heavy atom. The highest BCUT2D eigenvalue weighted by Crippen LogP contribution is 2.21. The monoisotopic (exact) mass is 251 g/mol. The highest BCUT2D eigenvalue weighted by molar-refractivity contribution is 6.36. The number of halogens is 2. The maximum atomic E-state index is 12.0. The third-order valence-corrected chi connectivity index (χ3v) is 2.61. The molecule has 2 rings (SSSR count). The largest absolute Gasteiger partial charge is 0.289 e. The van der Waals surface area contributed by atoms with Gasteiger partial charge in [-0.25, -0.2) is 4.98 Å². The van der Waals surface area contributed by atoms with Crippen molar-refractivity contribution in [2.24, 2.45) is 0 Å². The molecule has 0 aliphatic carbocycles. The molecular weight excluding hydrogens is 245 g/mol. The van der Waals surface area contributed by atoms with E-state index in [9.17, 15) is 4.79 Å². The van der Waals surface area contributed by atoms with Crippen LogP contribution in [0.5, 0.6) is 0 Å².